The first-order valence-electron chi connectivity index (χ1n) is 8.93. The van der Waals surface area contributed by atoms with Gasteiger partial charge in [-0.1, -0.05) is 54.6 Å². The van der Waals surface area contributed by atoms with Crippen molar-refractivity contribution < 1.29 is 4.79 Å². The van der Waals surface area contributed by atoms with Crippen molar-refractivity contribution in [3.05, 3.63) is 76.2 Å². The zero-order valence-electron chi connectivity index (χ0n) is 15.5. The molecule has 6 heteroatoms. The monoisotopic (exact) mass is 389 g/mol. The van der Waals surface area contributed by atoms with E-state index in [-0.39, 0.29) is 5.56 Å². The third kappa shape index (κ3) is 3.01. The molecule has 1 amide bonds. The molecule has 0 aliphatic rings. The molecule has 5 nitrogen and oxygen atoms in total. The number of aromatic nitrogens is 2. The molecule has 0 aliphatic heterocycles. The summed E-state index contributed by atoms with van der Waals surface area (Å²) in [5, 5.41) is 2.46. The normalized spacial score (nSPS) is 12.2. The number of thiophene rings is 1. The van der Waals surface area contributed by atoms with Crippen molar-refractivity contribution in [3.63, 3.8) is 0 Å². The lowest BCUT2D eigenvalue weighted by molar-refractivity contribution is -0.120. The SMILES string of the molecule is Cc1nc2scc(-c3ccc(-c4ccccc4)cc3)c2c(=O)n1C(C)C(N)=O. The van der Waals surface area contributed by atoms with E-state index in [1.807, 2.05) is 47.8 Å². The molecule has 2 aromatic carbocycles. The van der Waals surface area contributed by atoms with Crippen LogP contribution in [0.2, 0.25) is 0 Å². The summed E-state index contributed by atoms with van der Waals surface area (Å²) in [4.78, 5) is 30.0. The summed E-state index contributed by atoms with van der Waals surface area (Å²) >= 11 is 1.43. The van der Waals surface area contributed by atoms with Gasteiger partial charge in [0, 0.05) is 10.9 Å². The Bertz CT molecular complexity index is 1220. The molecular formula is C22H19N3O2S. The number of carbonyl (C=O) groups excluding carboxylic acids is 1. The number of nitrogens with zero attached hydrogens (tertiary/aromatic N) is 2. The van der Waals surface area contributed by atoms with Crippen molar-refractivity contribution in [3.8, 4) is 22.3 Å². The highest BCUT2D eigenvalue weighted by molar-refractivity contribution is 7.17. The van der Waals surface area contributed by atoms with Gasteiger partial charge >= 0.3 is 0 Å². The van der Waals surface area contributed by atoms with Crippen LogP contribution in [-0.2, 0) is 4.79 Å². The number of amides is 1. The van der Waals surface area contributed by atoms with Crippen molar-refractivity contribution in [1.29, 1.82) is 0 Å². The Hall–Kier alpha value is -3.25. The third-order valence-corrected chi connectivity index (χ3v) is 5.79. The predicted molar refractivity (Wildman–Crippen MR) is 113 cm³/mol. The van der Waals surface area contributed by atoms with Crippen LogP contribution in [0, 0.1) is 6.92 Å². The van der Waals surface area contributed by atoms with Gasteiger partial charge in [-0.3, -0.25) is 14.2 Å². The second-order valence-electron chi connectivity index (χ2n) is 6.69. The van der Waals surface area contributed by atoms with Gasteiger partial charge in [0.15, 0.2) is 0 Å². The van der Waals surface area contributed by atoms with E-state index in [9.17, 15) is 9.59 Å². The molecule has 28 heavy (non-hydrogen) atoms. The van der Waals surface area contributed by atoms with Gasteiger partial charge in [0.25, 0.3) is 5.56 Å². The van der Waals surface area contributed by atoms with Crippen molar-refractivity contribution in [1.82, 2.24) is 9.55 Å². The van der Waals surface area contributed by atoms with Gasteiger partial charge in [-0.25, -0.2) is 4.98 Å². The highest BCUT2D eigenvalue weighted by Gasteiger charge is 2.21. The molecule has 2 heterocycles. The summed E-state index contributed by atoms with van der Waals surface area (Å²) in [6.07, 6.45) is 0. The van der Waals surface area contributed by atoms with Gasteiger partial charge in [0.1, 0.15) is 16.7 Å². The minimum atomic E-state index is -0.752. The maximum Gasteiger partial charge on any atom is 0.263 e. The Kier molecular flexibility index (Phi) is 4.57. The molecule has 2 aromatic heterocycles. The molecule has 0 spiro atoms. The molecule has 1 atom stereocenters. The minimum Gasteiger partial charge on any atom is -0.368 e. The molecule has 0 radical (unpaired) electrons. The van der Waals surface area contributed by atoms with E-state index in [0.29, 0.717) is 16.0 Å². The number of hydrogen-bond acceptors (Lipinski definition) is 4. The van der Waals surface area contributed by atoms with Crippen molar-refractivity contribution >= 4 is 27.5 Å². The number of rotatable bonds is 4. The van der Waals surface area contributed by atoms with Crippen LogP contribution in [0.5, 0.6) is 0 Å². The smallest absolute Gasteiger partial charge is 0.263 e. The average Bonchev–Trinajstić information content (AvgIpc) is 3.12. The van der Waals surface area contributed by atoms with Crippen LogP contribution in [0.3, 0.4) is 0 Å². The summed E-state index contributed by atoms with van der Waals surface area (Å²) < 4.78 is 1.37. The first-order valence-corrected chi connectivity index (χ1v) is 9.81. The van der Waals surface area contributed by atoms with Crippen molar-refractivity contribution in [2.24, 2.45) is 5.73 Å². The lowest BCUT2D eigenvalue weighted by atomic mass is 10.0. The molecule has 0 saturated heterocycles. The van der Waals surface area contributed by atoms with Crippen molar-refractivity contribution in [2.75, 3.05) is 0 Å². The van der Waals surface area contributed by atoms with Gasteiger partial charge in [0.2, 0.25) is 5.91 Å². The zero-order valence-corrected chi connectivity index (χ0v) is 16.4. The van der Waals surface area contributed by atoms with Crippen LogP contribution < -0.4 is 11.3 Å². The molecule has 0 bridgehead atoms. The molecule has 140 valence electrons. The van der Waals surface area contributed by atoms with E-state index in [1.165, 1.54) is 15.9 Å². The number of hydrogen-bond donors (Lipinski definition) is 1. The number of fused-ring (bicyclic) bond motifs is 1. The first kappa shape index (κ1) is 18.1. The fourth-order valence-corrected chi connectivity index (χ4v) is 4.36. The molecule has 0 fully saturated rings. The molecular weight excluding hydrogens is 370 g/mol. The number of carbonyl (C=O) groups is 1. The highest BCUT2D eigenvalue weighted by Crippen LogP contribution is 2.32. The summed E-state index contributed by atoms with van der Waals surface area (Å²) in [6.45, 7) is 3.33. The molecule has 4 aromatic rings. The average molecular weight is 389 g/mol. The minimum absolute atomic E-state index is 0.239. The number of nitrogens with two attached hydrogens (primary N) is 1. The Labute approximate surface area is 166 Å². The van der Waals surface area contributed by atoms with E-state index in [2.05, 4.69) is 17.1 Å². The highest BCUT2D eigenvalue weighted by atomic mass is 32.1. The quantitative estimate of drug-likeness (QED) is 0.570. The standard InChI is InChI=1S/C22H19N3O2S/c1-13(20(23)26)25-14(2)24-21-19(22(25)27)18(12-28-21)17-10-8-16(9-11-17)15-6-4-3-5-7-15/h3-13H,1-2H3,(H2,23,26). The van der Waals surface area contributed by atoms with E-state index in [0.717, 1.165) is 22.3 Å². The van der Waals surface area contributed by atoms with E-state index in [4.69, 9.17) is 5.73 Å². The van der Waals surface area contributed by atoms with E-state index in [1.54, 1.807) is 13.8 Å². The molecule has 0 aliphatic carbocycles. The maximum absolute atomic E-state index is 13.2. The van der Waals surface area contributed by atoms with E-state index >= 15 is 0 Å². The van der Waals surface area contributed by atoms with Gasteiger partial charge in [-0.05, 0) is 30.5 Å². The fraction of sp³-hybridized carbons (Fsp3) is 0.136. The first-order chi connectivity index (χ1) is 13.5. The van der Waals surface area contributed by atoms with Gasteiger partial charge in [0.05, 0.1) is 5.39 Å². The predicted octanol–water partition coefficient (Wildman–Crippen LogP) is 4.15. The van der Waals surface area contributed by atoms with Gasteiger partial charge < -0.3 is 5.73 Å². The van der Waals surface area contributed by atoms with Crippen molar-refractivity contribution in [2.45, 2.75) is 19.9 Å². The second kappa shape index (κ2) is 7.05. The Morgan fingerprint density at radius 3 is 2.29 bits per heavy atom. The Morgan fingerprint density at radius 2 is 1.64 bits per heavy atom. The van der Waals surface area contributed by atoms with Gasteiger partial charge in [-0.2, -0.15) is 0 Å². The molecule has 0 saturated carbocycles. The largest absolute Gasteiger partial charge is 0.368 e. The lowest BCUT2D eigenvalue weighted by Gasteiger charge is -2.14. The topological polar surface area (TPSA) is 78.0 Å². The summed E-state index contributed by atoms with van der Waals surface area (Å²) in [5.74, 6) is -0.0769. The zero-order chi connectivity index (χ0) is 19.8. The van der Waals surface area contributed by atoms with Crippen LogP contribution in [0.25, 0.3) is 32.5 Å². The summed E-state index contributed by atoms with van der Waals surface area (Å²) in [6, 6.07) is 17.5. The fourth-order valence-electron chi connectivity index (χ4n) is 3.37. The van der Waals surface area contributed by atoms with Crippen LogP contribution in [0.15, 0.2) is 64.8 Å². The second-order valence-corrected chi connectivity index (χ2v) is 7.54. The third-order valence-electron chi connectivity index (χ3n) is 4.92. The number of benzene rings is 2. The van der Waals surface area contributed by atoms with Crippen LogP contribution in [-0.4, -0.2) is 15.5 Å². The molecule has 4 rings (SSSR count). The van der Waals surface area contributed by atoms with Crippen LogP contribution in [0.4, 0.5) is 0 Å². The maximum atomic E-state index is 13.2. The number of aryl methyl sites for hydroxylation is 1. The Morgan fingerprint density at radius 1 is 1.04 bits per heavy atom. The summed E-state index contributed by atoms with van der Waals surface area (Å²) in [7, 11) is 0. The lowest BCUT2D eigenvalue weighted by Crippen LogP contribution is -2.34. The van der Waals surface area contributed by atoms with Crippen LogP contribution in [0.1, 0.15) is 18.8 Å². The summed E-state index contributed by atoms with van der Waals surface area (Å²) in [5.41, 5.74) is 9.19. The van der Waals surface area contributed by atoms with Gasteiger partial charge in [-0.15, -0.1) is 11.3 Å². The number of primary amides is 1. The van der Waals surface area contributed by atoms with E-state index < -0.39 is 11.9 Å². The molecule has 2 N–H and O–H groups in total. The molecule has 1 unspecified atom stereocenters. The van der Waals surface area contributed by atoms with Crippen LogP contribution >= 0.6 is 11.3 Å². The Balaban J connectivity index is 1.85.